The van der Waals surface area contributed by atoms with Crippen LogP contribution in [0, 0.1) is 6.92 Å². The zero-order valence-corrected chi connectivity index (χ0v) is 16.7. The quantitative estimate of drug-likeness (QED) is 0.303. The number of aliphatic imine (C=N–C) groups is 1. The highest BCUT2D eigenvalue weighted by Gasteiger charge is 2.07. The Bertz CT molecular complexity index is 394. The van der Waals surface area contributed by atoms with Gasteiger partial charge in [0.05, 0.1) is 6.54 Å². The molecule has 1 heterocycles. The van der Waals surface area contributed by atoms with Crippen LogP contribution in [0.3, 0.4) is 0 Å². The molecule has 1 atom stereocenters. The lowest BCUT2D eigenvalue weighted by Gasteiger charge is -2.17. The van der Waals surface area contributed by atoms with Crippen LogP contribution in [0.15, 0.2) is 17.1 Å². The van der Waals surface area contributed by atoms with E-state index in [0.29, 0.717) is 6.04 Å². The summed E-state index contributed by atoms with van der Waals surface area (Å²) >= 11 is 3.70. The molecule has 0 aliphatic heterocycles. The molecule has 0 radical (unpaired) electrons. The number of thiophene rings is 1. The molecule has 0 aromatic carbocycles. The van der Waals surface area contributed by atoms with Crippen molar-refractivity contribution in [3.05, 3.63) is 21.9 Å². The fourth-order valence-electron chi connectivity index (χ4n) is 1.75. The second-order valence-electron chi connectivity index (χ2n) is 4.52. The van der Waals surface area contributed by atoms with Crippen LogP contribution in [-0.4, -0.2) is 37.1 Å². The summed E-state index contributed by atoms with van der Waals surface area (Å²) in [6, 6.07) is 4.80. The zero-order valence-electron chi connectivity index (χ0n) is 12.7. The molecule has 1 rings (SSSR count). The van der Waals surface area contributed by atoms with Gasteiger partial charge in [0.2, 0.25) is 0 Å². The number of nitrogens with one attached hydrogen (secondary N) is 2. The van der Waals surface area contributed by atoms with Gasteiger partial charge in [0.25, 0.3) is 0 Å². The molecule has 0 saturated carbocycles. The molecule has 0 aliphatic rings. The van der Waals surface area contributed by atoms with Crippen LogP contribution < -0.4 is 10.6 Å². The molecule has 0 amide bonds. The molecule has 0 saturated heterocycles. The zero-order chi connectivity index (χ0) is 14.1. The number of rotatable bonds is 7. The van der Waals surface area contributed by atoms with Crippen LogP contribution in [0.2, 0.25) is 0 Å². The van der Waals surface area contributed by atoms with Gasteiger partial charge in [0, 0.05) is 34.5 Å². The largest absolute Gasteiger partial charge is 0.357 e. The molecule has 1 aromatic rings. The first-order chi connectivity index (χ1) is 9.15. The van der Waals surface area contributed by atoms with Gasteiger partial charge in [0.1, 0.15) is 0 Å². The van der Waals surface area contributed by atoms with E-state index in [1.807, 2.05) is 23.1 Å². The third kappa shape index (κ3) is 8.36. The number of hydrogen-bond acceptors (Lipinski definition) is 3. The molecule has 1 unspecified atom stereocenters. The topological polar surface area (TPSA) is 36.4 Å². The number of nitrogens with zero attached hydrogens (tertiary/aromatic N) is 1. The van der Waals surface area contributed by atoms with E-state index in [1.165, 1.54) is 9.75 Å². The normalized spacial score (nSPS) is 12.7. The van der Waals surface area contributed by atoms with E-state index < -0.39 is 0 Å². The van der Waals surface area contributed by atoms with Crippen molar-refractivity contribution in [3.8, 4) is 0 Å². The van der Waals surface area contributed by atoms with Gasteiger partial charge in [0.15, 0.2) is 5.96 Å². The monoisotopic (exact) mass is 427 g/mol. The Morgan fingerprint density at radius 2 is 2.20 bits per heavy atom. The number of halogens is 1. The summed E-state index contributed by atoms with van der Waals surface area (Å²) in [5.41, 5.74) is 0. The van der Waals surface area contributed by atoms with Gasteiger partial charge in [-0.15, -0.1) is 35.3 Å². The van der Waals surface area contributed by atoms with Crippen molar-refractivity contribution in [3.63, 3.8) is 0 Å². The van der Waals surface area contributed by atoms with Gasteiger partial charge in [-0.2, -0.15) is 11.8 Å². The number of aryl methyl sites for hydroxylation is 1. The summed E-state index contributed by atoms with van der Waals surface area (Å²) < 4.78 is 0. The minimum absolute atomic E-state index is 0. The Balaban J connectivity index is 0.00000361. The minimum atomic E-state index is 0. The summed E-state index contributed by atoms with van der Waals surface area (Å²) in [5, 5.41) is 6.77. The van der Waals surface area contributed by atoms with E-state index in [9.17, 15) is 0 Å². The Hall–Kier alpha value is 0.0500. The van der Waals surface area contributed by atoms with Crippen molar-refractivity contribution in [1.82, 2.24) is 10.6 Å². The Labute approximate surface area is 148 Å². The van der Waals surface area contributed by atoms with Gasteiger partial charge in [-0.05, 0) is 39.2 Å². The molecule has 0 spiro atoms. The predicted molar refractivity (Wildman–Crippen MR) is 105 cm³/mol. The average Bonchev–Trinajstić information content (AvgIpc) is 2.75. The van der Waals surface area contributed by atoms with Crippen molar-refractivity contribution in [2.45, 2.75) is 33.2 Å². The highest BCUT2D eigenvalue weighted by Crippen LogP contribution is 2.16. The summed E-state index contributed by atoms with van der Waals surface area (Å²) in [7, 11) is 0. The molecule has 0 fully saturated rings. The Kier molecular flexibility index (Phi) is 11.7. The summed E-state index contributed by atoms with van der Waals surface area (Å²) in [6.07, 6.45) is 3.16. The average molecular weight is 427 g/mol. The molecule has 2 N–H and O–H groups in total. The van der Waals surface area contributed by atoms with Gasteiger partial charge < -0.3 is 10.6 Å². The van der Waals surface area contributed by atoms with Crippen LogP contribution in [0.5, 0.6) is 0 Å². The van der Waals surface area contributed by atoms with Gasteiger partial charge in [-0.25, -0.2) is 0 Å². The minimum Gasteiger partial charge on any atom is -0.357 e. The number of hydrogen-bond donors (Lipinski definition) is 2. The maximum Gasteiger partial charge on any atom is 0.191 e. The van der Waals surface area contributed by atoms with Crippen LogP contribution in [0.1, 0.15) is 23.6 Å². The number of thioether (sulfide) groups is 1. The summed E-state index contributed by atoms with van der Waals surface area (Å²) in [6.45, 7) is 8.22. The van der Waals surface area contributed by atoms with Gasteiger partial charge in [-0.1, -0.05) is 0 Å². The van der Waals surface area contributed by atoms with Gasteiger partial charge in [-0.3, -0.25) is 4.99 Å². The maximum atomic E-state index is 4.57. The Morgan fingerprint density at radius 3 is 2.75 bits per heavy atom. The van der Waals surface area contributed by atoms with Crippen LogP contribution in [-0.2, 0) is 6.42 Å². The van der Waals surface area contributed by atoms with E-state index in [4.69, 9.17) is 0 Å². The van der Waals surface area contributed by atoms with Crippen molar-refractivity contribution in [1.29, 1.82) is 0 Å². The lowest BCUT2D eigenvalue weighted by molar-refractivity contribution is 0.646. The SMILES string of the molecule is CCNC(=NCCSC)NC(C)Cc1ccc(C)s1.I. The fraction of sp³-hybridized carbons (Fsp3) is 0.643. The third-order valence-electron chi connectivity index (χ3n) is 2.60. The molecule has 0 aliphatic carbocycles. The first kappa shape index (κ1) is 20.1. The molecular formula is C14H26IN3S2. The fourth-order valence-corrected chi connectivity index (χ4v) is 3.04. The highest BCUT2D eigenvalue weighted by atomic mass is 127. The van der Waals surface area contributed by atoms with E-state index in [-0.39, 0.29) is 24.0 Å². The van der Waals surface area contributed by atoms with Gasteiger partial charge >= 0.3 is 0 Å². The van der Waals surface area contributed by atoms with Crippen molar-refractivity contribution < 1.29 is 0 Å². The molecule has 20 heavy (non-hydrogen) atoms. The van der Waals surface area contributed by atoms with Crippen molar-refractivity contribution in [2.24, 2.45) is 4.99 Å². The first-order valence-electron chi connectivity index (χ1n) is 6.74. The van der Waals surface area contributed by atoms with E-state index in [2.05, 4.69) is 54.8 Å². The molecule has 0 bridgehead atoms. The maximum absolute atomic E-state index is 4.57. The lowest BCUT2D eigenvalue weighted by atomic mass is 10.2. The van der Waals surface area contributed by atoms with Crippen molar-refractivity contribution >= 4 is 53.0 Å². The second kappa shape index (κ2) is 11.7. The van der Waals surface area contributed by atoms with E-state index in [0.717, 1.165) is 31.2 Å². The standard InChI is InChI=1S/C14H25N3S2.HI/c1-5-15-14(16-8-9-18-4)17-11(2)10-13-7-6-12(3)19-13;/h6-7,11H,5,8-10H2,1-4H3,(H2,15,16,17);1H. The van der Waals surface area contributed by atoms with Crippen LogP contribution in [0.4, 0.5) is 0 Å². The third-order valence-corrected chi connectivity index (χ3v) is 4.21. The summed E-state index contributed by atoms with van der Waals surface area (Å²) in [5.74, 6) is 1.99. The van der Waals surface area contributed by atoms with E-state index in [1.54, 1.807) is 0 Å². The Morgan fingerprint density at radius 1 is 1.45 bits per heavy atom. The smallest absolute Gasteiger partial charge is 0.191 e. The predicted octanol–water partition coefficient (Wildman–Crippen LogP) is 3.52. The second-order valence-corrected chi connectivity index (χ2v) is 6.87. The molecule has 3 nitrogen and oxygen atoms in total. The lowest BCUT2D eigenvalue weighted by Crippen LogP contribution is -2.43. The van der Waals surface area contributed by atoms with Crippen LogP contribution in [0.25, 0.3) is 0 Å². The molecule has 6 heteroatoms. The van der Waals surface area contributed by atoms with Crippen LogP contribution >= 0.6 is 47.1 Å². The first-order valence-corrected chi connectivity index (χ1v) is 8.95. The molecular weight excluding hydrogens is 401 g/mol. The number of guanidine groups is 1. The highest BCUT2D eigenvalue weighted by molar-refractivity contribution is 14.0. The molecule has 116 valence electrons. The van der Waals surface area contributed by atoms with E-state index >= 15 is 0 Å². The molecule has 1 aromatic heterocycles. The van der Waals surface area contributed by atoms with Crippen molar-refractivity contribution in [2.75, 3.05) is 25.1 Å². The summed E-state index contributed by atoms with van der Waals surface area (Å²) in [4.78, 5) is 7.37.